The first kappa shape index (κ1) is 27.6. The minimum atomic E-state index is -1.16. The summed E-state index contributed by atoms with van der Waals surface area (Å²) in [6.45, 7) is 2.17. The van der Waals surface area contributed by atoms with Gasteiger partial charge in [0.15, 0.2) is 11.6 Å². The number of rotatable bonds is 10. The highest BCUT2D eigenvalue weighted by Crippen LogP contribution is 2.40. The van der Waals surface area contributed by atoms with Crippen molar-refractivity contribution in [1.29, 1.82) is 0 Å². The molecule has 1 aromatic heterocycles. The van der Waals surface area contributed by atoms with Gasteiger partial charge in [-0.2, -0.15) is 0 Å². The first-order valence-corrected chi connectivity index (χ1v) is 12.9. The second-order valence-electron chi connectivity index (χ2n) is 9.92. The number of nitrogens with zero attached hydrogens (tertiary/aromatic N) is 2. The van der Waals surface area contributed by atoms with Crippen LogP contribution in [0.15, 0.2) is 36.5 Å². The zero-order chi connectivity index (χ0) is 26.6. The van der Waals surface area contributed by atoms with E-state index in [2.05, 4.69) is 9.88 Å². The number of hydrogen-bond acceptors (Lipinski definition) is 5. The number of aryl methyl sites for hydroxylation is 1. The van der Waals surface area contributed by atoms with Gasteiger partial charge in [-0.1, -0.05) is 11.6 Å². The normalized spacial score (nSPS) is 16.7. The Morgan fingerprint density at radius 2 is 1.92 bits per heavy atom. The lowest BCUT2D eigenvalue weighted by molar-refractivity contribution is 0.0234. The molecule has 200 valence electrons. The predicted octanol–water partition coefficient (Wildman–Crippen LogP) is 5.84. The number of aliphatic hydroxyl groups is 2. The Kier molecular flexibility index (Phi) is 8.95. The van der Waals surface area contributed by atoms with E-state index in [9.17, 15) is 23.4 Å². The molecule has 1 fully saturated rings. The molecule has 2 aromatic carbocycles. The first-order chi connectivity index (χ1) is 17.7. The molecule has 0 amide bonds. The third-order valence-electron chi connectivity index (χ3n) is 7.59. The molecule has 3 aromatic rings. The van der Waals surface area contributed by atoms with Crippen LogP contribution < -0.4 is 4.74 Å². The lowest BCUT2D eigenvalue weighted by atomic mass is 9.74. The van der Waals surface area contributed by atoms with Crippen molar-refractivity contribution in [2.75, 3.05) is 33.4 Å². The Balaban J connectivity index is 1.33. The molecule has 5 nitrogen and oxygen atoms in total. The lowest BCUT2D eigenvalue weighted by Gasteiger charge is -2.41. The zero-order valence-electron chi connectivity index (χ0n) is 20.8. The predicted molar refractivity (Wildman–Crippen MR) is 137 cm³/mol. The van der Waals surface area contributed by atoms with Gasteiger partial charge >= 0.3 is 0 Å². The molecular weight excluding hydrogens is 505 g/mol. The van der Waals surface area contributed by atoms with E-state index in [4.69, 9.17) is 16.3 Å². The molecule has 9 heteroatoms. The maximum atomic E-state index is 13.9. The summed E-state index contributed by atoms with van der Waals surface area (Å²) in [5, 5.41) is 22.5. The third kappa shape index (κ3) is 6.37. The van der Waals surface area contributed by atoms with Crippen molar-refractivity contribution in [2.24, 2.45) is 5.41 Å². The molecule has 0 aliphatic carbocycles. The number of methoxy groups -OCH3 is 1. The minimum absolute atomic E-state index is 0.0139. The highest BCUT2D eigenvalue weighted by Gasteiger charge is 2.34. The molecule has 2 N–H and O–H groups in total. The van der Waals surface area contributed by atoms with Crippen molar-refractivity contribution in [3.63, 3.8) is 0 Å². The number of likely N-dealkylation sites (tertiary alicyclic amines) is 1. The van der Waals surface area contributed by atoms with Crippen LogP contribution in [-0.4, -0.2) is 53.4 Å². The maximum absolute atomic E-state index is 13.9. The van der Waals surface area contributed by atoms with E-state index < -0.39 is 23.6 Å². The summed E-state index contributed by atoms with van der Waals surface area (Å²) in [5.41, 5.74) is 1.05. The zero-order valence-corrected chi connectivity index (χ0v) is 21.6. The van der Waals surface area contributed by atoms with Gasteiger partial charge in [-0.05, 0) is 93.4 Å². The molecule has 2 heterocycles. The topological polar surface area (TPSA) is 65.8 Å². The van der Waals surface area contributed by atoms with Crippen LogP contribution in [0.5, 0.6) is 5.75 Å². The van der Waals surface area contributed by atoms with Gasteiger partial charge in [-0.15, -0.1) is 0 Å². The fraction of sp³-hybridized carbons (Fsp3) is 0.464. The molecule has 4 rings (SSSR count). The van der Waals surface area contributed by atoms with Crippen LogP contribution in [0.2, 0.25) is 5.02 Å². The molecule has 1 atom stereocenters. The van der Waals surface area contributed by atoms with Gasteiger partial charge in [-0.3, -0.25) is 4.98 Å². The van der Waals surface area contributed by atoms with Crippen LogP contribution in [-0.2, 0) is 6.42 Å². The Hall–Kier alpha value is -2.39. The quantitative estimate of drug-likeness (QED) is 0.319. The summed E-state index contributed by atoms with van der Waals surface area (Å²) in [5.74, 6) is -2.28. The van der Waals surface area contributed by atoms with E-state index in [1.54, 1.807) is 19.4 Å². The number of benzene rings is 2. The molecule has 1 aliphatic rings. The van der Waals surface area contributed by atoms with Gasteiger partial charge in [0.05, 0.1) is 23.8 Å². The fourth-order valence-electron chi connectivity index (χ4n) is 5.24. The number of fused-ring (bicyclic) bond motifs is 1. The van der Waals surface area contributed by atoms with Crippen molar-refractivity contribution < 1.29 is 28.1 Å². The average molecular weight is 537 g/mol. The van der Waals surface area contributed by atoms with Crippen molar-refractivity contribution in [3.8, 4) is 5.75 Å². The summed E-state index contributed by atoms with van der Waals surface area (Å²) in [6.07, 6.45) is 4.08. The second-order valence-corrected chi connectivity index (χ2v) is 10.3. The van der Waals surface area contributed by atoms with Gasteiger partial charge in [0.2, 0.25) is 0 Å². The Morgan fingerprint density at radius 3 is 2.62 bits per heavy atom. The van der Waals surface area contributed by atoms with E-state index in [1.165, 1.54) is 0 Å². The standard InChI is InChI=1S/C28H32ClF3N2O3/c1-37-20-4-5-24-21(15-20)26(22(29)16-33-24)25(36)6-7-28(17-35)8-11-34(12-9-28)10-2-3-18-13-19(30)14-23(31)27(18)32/h4-5,13-16,25,35-36H,2-3,6-12,17H2,1H3/t25-/m1/s1. The molecule has 0 bridgehead atoms. The second kappa shape index (κ2) is 12.0. The van der Waals surface area contributed by atoms with E-state index >= 15 is 0 Å². The number of pyridine rings is 1. The number of aromatic nitrogens is 1. The van der Waals surface area contributed by atoms with Crippen molar-refractivity contribution in [2.45, 2.75) is 44.6 Å². The van der Waals surface area contributed by atoms with Crippen LogP contribution >= 0.6 is 11.6 Å². The summed E-state index contributed by atoms with van der Waals surface area (Å²) < 4.78 is 46.1. The van der Waals surface area contributed by atoms with Crippen molar-refractivity contribution in [1.82, 2.24) is 9.88 Å². The van der Waals surface area contributed by atoms with E-state index in [0.717, 1.165) is 37.4 Å². The molecule has 0 radical (unpaired) electrons. The monoisotopic (exact) mass is 536 g/mol. The highest BCUT2D eigenvalue weighted by atomic mass is 35.5. The van der Waals surface area contributed by atoms with Gasteiger partial charge in [0, 0.05) is 29.8 Å². The summed E-state index contributed by atoms with van der Waals surface area (Å²) in [7, 11) is 1.58. The third-order valence-corrected chi connectivity index (χ3v) is 7.89. The van der Waals surface area contributed by atoms with Crippen LogP contribution in [0.1, 0.15) is 49.3 Å². The average Bonchev–Trinajstić information content (AvgIpc) is 2.90. The number of hydrogen-bond donors (Lipinski definition) is 2. The number of halogens is 4. The Morgan fingerprint density at radius 1 is 1.16 bits per heavy atom. The first-order valence-electron chi connectivity index (χ1n) is 12.5. The molecule has 0 spiro atoms. The molecule has 0 unspecified atom stereocenters. The van der Waals surface area contributed by atoms with Crippen molar-refractivity contribution in [3.05, 3.63) is 70.1 Å². The SMILES string of the molecule is COc1ccc2ncc(Cl)c([C@H](O)CCC3(CO)CCN(CCCc4cc(F)cc(F)c4F)CC3)c2c1. The summed E-state index contributed by atoms with van der Waals surface area (Å²) in [4.78, 5) is 6.56. The number of ether oxygens (including phenoxy) is 1. The fourth-order valence-corrected chi connectivity index (χ4v) is 5.52. The Bertz CT molecular complexity index is 1240. The lowest BCUT2D eigenvalue weighted by Crippen LogP contribution is -2.42. The molecule has 1 saturated heterocycles. The summed E-state index contributed by atoms with van der Waals surface area (Å²) in [6, 6.07) is 7.05. The van der Waals surface area contributed by atoms with E-state index in [-0.39, 0.29) is 24.0 Å². The van der Waals surface area contributed by atoms with E-state index in [0.29, 0.717) is 53.7 Å². The summed E-state index contributed by atoms with van der Waals surface area (Å²) >= 11 is 6.44. The largest absolute Gasteiger partial charge is 0.497 e. The maximum Gasteiger partial charge on any atom is 0.162 e. The minimum Gasteiger partial charge on any atom is -0.497 e. The van der Waals surface area contributed by atoms with Crippen molar-refractivity contribution >= 4 is 22.5 Å². The smallest absolute Gasteiger partial charge is 0.162 e. The number of aliphatic hydroxyl groups excluding tert-OH is 2. The molecule has 37 heavy (non-hydrogen) atoms. The van der Waals surface area contributed by atoms with Gasteiger partial charge < -0.3 is 19.8 Å². The highest BCUT2D eigenvalue weighted by molar-refractivity contribution is 6.32. The van der Waals surface area contributed by atoms with E-state index in [1.807, 2.05) is 12.1 Å². The molecular formula is C28H32ClF3N2O3. The van der Waals surface area contributed by atoms with Gasteiger partial charge in [0.25, 0.3) is 0 Å². The Labute approximate surface area is 219 Å². The molecule has 1 aliphatic heterocycles. The van der Waals surface area contributed by atoms with Crippen LogP contribution in [0, 0.1) is 22.9 Å². The van der Waals surface area contributed by atoms with Crippen LogP contribution in [0.4, 0.5) is 13.2 Å². The number of piperidine rings is 1. The molecule has 0 saturated carbocycles. The van der Waals surface area contributed by atoms with Crippen LogP contribution in [0.3, 0.4) is 0 Å². The van der Waals surface area contributed by atoms with Crippen LogP contribution in [0.25, 0.3) is 10.9 Å². The van der Waals surface area contributed by atoms with Gasteiger partial charge in [-0.25, -0.2) is 13.2 Å². The van der Waals surface area contributed by atoms with Gasteiger partial charge in [0.1, 0.15) is 11.6 Å².